The first-order valence-electron chi connectivity index (χ1n) is 6.82. The Hall–Kier alpha value is -1.59. The number of nitrogens with zero attached hydrogens (tertiary/aromatic N) is 1. The van der Waals surface area contributed by atoms with Gasteiger partial charge in [0.25, 0.3) is 0 Å². The van der Waals surface area contributed by atoms with Crippen LogP contribution in [-0.4, -0.2) is 42.9 Å². The van der Waals surface area contributed by atoms with Crippen LogP contribution in [0, 0.1) is 6.92 Å². The van der Waals surface area contributed by atoms with Crippen LogP contribution in [0.3, 0.4) is 0 Å². The van der Waals surface area contributed by atoms with Crippen LogP contribution in [0.1, 0.15) is 19.4 Å². The van der Waals surface area contributed by atoms with Crippen LogP contribution >= 0.6 is 11.6 Å². The summed E-state index contributed by atoms with van der Waals surface area (Å²) < 4.78 is 0. The number of likely N-dealkylation sites (N-methyl/N-ethyl adjacent to an activating group) is 1. The topological polar surface area (TPSA) is 61.4 Å². The van der Waals surface area contributed by atoms with Crippen molar-refractivity contribution >= 4 is 29.1 Å². The number of carbonyl (C=O) groups is 2. The lowest BCUT2D eigenvalue weighted by atomic mass is 10.2. The Labute approximate surface area is 130 Å². The molecule has 1 aromatic carbocycles. The van der Waals surface area contributed by atoms with Gasteiger partial charge in [-0.1, -0.05) is 17.7 Å². The van der Waals surface area contributed by atoms with E-state index in [4.69, 9.17) is 11.6 Å². The Bertz CT molecular complexity index is 518. The molecule has 1 aromatic rings. The molecule has 0 unspecified atom stereocenters. The molecule has 0 heterocycles. The van der Waals surface area contributed by atoms with Crippen LogP contribution in [0.15, 0.2) is 18.2 Å². The van der Waals surface area contributed by atoms with Crippen molar-refractivity contribution in [1.29, 1.82) is 0 Å². The van der Waals surface area contributed by atoms with Crippen molar-refractivity contribution < 1.29 is 9.59 Å². The van der Waals surface area contributed by atoms with E-state index < -0.39 is 0 Å². The highest BCUT2D eigenvalue weighted by Gasteiger charge is 2.12. The van der Waals surface area contributed by atoms with Crippen molar-refractivity contribution in [2.45, 2.75) is 26.8 Å². The van der Waals surface area contributed by atoms with Gasteiger partial charge in [-0.3, -0.25) is 14.5 Å². The van der Waals surface area contributed by atoms with E-state index in [2.05, 4.69) is 10.6 Å². The SMILES string of the molecule is Cc1c(Cl)cccc1NC(=O)CN(C)CC(=O)NC(C)C. The Morgan fingerprint density at radius 1 is 1.24 bits per heavy atom. The number of benzene rings is 1. The summed E-state index contributed by atoms with van der Waals surface area (Å²) >= 11 is 6.01. The molecule has 0 aliphatic rings. The van der Waals surface area contributed by atoms with Crippen molar-refractivity contribution in [3.63, 3.8) is 0 Å². The fourth-order valence-electron chi connectivity index (χ4n) is 1.85. The second-order valence-electron chi connectivity index (χ2n) is 5.36. The number of hydrogen-bond acceptors (Lipinski definition) is 3. The second-order valence-corrected chi connectivity index (χ2v) is 5.76. The van der Waals surface area contributed by atoms with Gasteiger partial charge < -0.3 is 10.6 Å². The van der Waals surface area contributed by atoms with Crippen molar-refractivity contribution in [2.75, 3.05) is 25.5 Å². The van der Waals surface area contributed by atoms with E-state index in [1.807, 2.05) is 20.8 Å². The summed E-state index contributed by atoms with van der Waals surface area (Å²) in [5.74, 6) is -0.278. The minimum Gasteiger partial charge on any atom is -0.353 e. The van der Waals surface area contributed by atoms with Gasteiger partial charge in [0.05, 0.1) is 13.1 Å². The van der Waals surface area contributed by atoms with Crippen molar-refractivity contribution in [3.8, 4) is 0 Å². The lowest BCUT2D eigenvalue weighted by molar-refractivity contribution is -0.123. The van der Waals surface area contributed by atoms with Crippen LogP contribution < -0.4 is 10.6 Å². The standard InChI is InChI=1S/C15H22ClN3O2/c1-10(2)17-14(20)8-19(4)9-15(21)18-13-7-5-6-12(16)11(13)3/h5-7,10H,8-9H2,1-4H3,(H,17,20)(H,18,21). The van der Waals surface area contributed by atoms with Gasteiger partial charge in [0.15, 0.2) is 0 Å². The number of hydrogen-bond donors (Lipinski definition) is 2. The fourth-order valence-corrected chi connectivity index (χ4v) is 2.02. The van der Waals surface area contributed by atoms with Gasteiger partial charge in [0, 0.05) is 16.8 Å². The van der Waals surface area contributed by atoms with Gasteiger partial charge in [-0.15, -0.1) is 0 Å². The second kappa shape index (κ2) is 8.00. The maximum Gasteiger partial charge on any atom is 0.238 e. The first kappa shape index (κ1) is 17.5. The predicted molar refractivity (Wildman–Crippen MR) is 85.6 cm³/mol. The van der Waals surface area contributed by atoms with Gasteiger partial charge >= 0.3 is 0 Å². The van der Waals surface area contributed by atoms with Crippen LogP contribution in [-0.2, 0) is 9.59 Å². The molecule has 6 heteroatoms. The smallest absolute Gasteiger partial charge is 0.238 e. The molecule has 0 saturated heterocycles. The van der Waals surface area contributed by atoms with Crippen molar-refractivity contribution in [2.24, 2.45) is 0 Å². The molecule has 0 spiro atoms. The fraction of sp³-hybridized carbons (Fsp3) is 0.467. The van der Waals surface area contributed by atoms with Gasteiger partial charge in [0.2, 0.25) is 11.8 Å². The van der Waals surface area contributed by atoms with E-state index >= 15 is 0 Å². The normalized spacial score (nSPS) is 10.8. The lowest BCUT2D eigenvalue weighted by Crippen LogP contribution is -2.41. The van der Waals surface area contributed by atoms with E-state index in [0.29, 0.717) is 10.7 Å². The third-order valence-corrected chi connectivity index (χ3v) is 3.23. The van der Waals surface area contributed by atoms with Gasteiger partial charge in [0.1, 0.15) is 0 Å². The molecule has 21 heavy (non-hydrogen) atoms. The summed E-state index contributed by atoms with van der Waals surface area (Å²) in [6.45, 7) is 5.95. The van der Waals surface area contributed by atoms with Crippen LogP contribution in [0.5, 0.6) is 0 Å². The van der Waals surface area contributed by atoms with E-state index in [0.717, 1.165) is 5.56 Å². The summed E-state index contributed by atoms with van der Waals surface area (Å²) in [5.41, 5.74) is 1.51. The molecule has 2 amide bonds. The third-order valence-electron chi connectivity index (χ3n) is 2.82. The van der Waals surface area contributed by atoms with E-state index in [9.17, 15) is 9.59 Å². The Balaban J connectivity index is 2.50. The Morgan fingerprint density at radius 2 is 1.86 bits per heavy atom. The molecule has 116 valence electrons. The zero-order chi connectivity index (χ0) is 16.0. The summed E-state index contributed by atoms with van der Waals surface area (Å²) in [5, 5.41) is 6.19. The van der Waals surface area contributed by atoms with E-state index in [1.54, 1.807) is 30.1 Å². The highest BCUT2D eigenvalue weighted by atomic mass is 35.5. The van der Waals surface area contributed by atoms with Gasteiger partial charge in [-0.05, 0) is 45.5 Å². The summed E-state index contributed by atoms with van der Waals surface area (Å²) in [6, 6.07) is 5.44. The number of rotatable bonds is 6. The molecule has 0 atom stereocenters. The zero-order valence-corrected chi connectivity index (χ0v) is 13.6. The summed E-state index contributed by atoms with van der Waals surface area (Å²) in [4.78, 5) is 25.2. The van der Waals surface area contributed by atoms with E-state index in [1.165, 1.54) is 0 Å². The molecule has 0 aromatic heterocycles. The molecule has 0 aliphatic carbocycles. The van der Waals surface area contributed by atoms with Gasteiger partial charge in [-0.25, -0.2) is 0 Å². The molecule has 2 N–H and O–H groups in total. The molecule has 0 bridgehead atoms. The minimum absolute atomic E-state index is 0.0915. The summed E-state index contributed by atoms with van der Waals surface area (Å²) in [7, 11) is 1.73. The molecular formula is C15H22ClN3O2. The summed E-state index contributed by atoms with van der Waals surface area (Å²) in [6.07, 6.45) is 0. The Kier molecular flexibility index (Phi) is 6.65. The average molecular weight is 312 g/mol. The molecule has 0 radical (unpaired) electrons. The molecule has 0 fully saturated rings. The highest BCUT2D eigenvalue weighted by molar-refractivity contribution is 6.31. The molecular weight excluding hydrogens is 290 g/mol. The lowest BCUT2D eigenvalue weighted by Gasteiger charge is -2.17. The van der Waals surface area contributed by atoms with Gasteiger partial charge in [-0.2, -0.15) is 0 Å². The number of nitrogens with one attached hydrogen (secondary N) is 2. The van der Waals surface area contributed by atoms with Crippen molar-refractivity contribution in [1.82, 2.24) is 10.2 Å². The average Bonchev–Trinajstić information content (AvgIpc) is 2.33. The third kappa shape index (κ3) is 6.14. The predicted octanol–water partition coefficient (Wildman–Crippen LogP) is 2.04. The maximum atomic E-state index is 12.0. The maximum absolute atomic E-state index is 12.0. The number of anilines is 1. The van der Waals surface area contributed by atoms with Crippen molar-refractivity contribution in [3.05, 3.63) is 28.8 Å². The molecule has 0 aliphatic heterocycles. The Morgan fingerprint density at radius 3 is 2.48 bits per heavy atom. The number of amides is 2. The quantitative estimate of drug-likeness (QED) is 0.845. The number of carbonyl (C=O) groups excluding carboxylic acids is 2. The molecule has 1 rings (SSSR count). The van der Waals surface area contributed by atoms with Crippen LogP contribution in [0.4, 0.5) is 5.69 Å². The molecule has 5 nitrogen and oxygen atoms in total. The van der Waals surface area contributed by atoms with Crippen LogP contribution in [0.2, 0.25) is 5.02 Å². The monoisotopic (exact) mass is 311 g/mol. The first-order chi connectivity index (χ1) is 9.79. The van der Waals surface area contributed by atoms with E-state index in [-0.39, 0.29) is 30.9 Å². The first-order valence-corrected chi connectivity index (χ1v) is 7.20. The number of halogens is 1. The zero-order valence-electron chi connectivity index (χ0n) is 12.9. The minimum atomic E-state index is -0.180. The largest absolute Gasteiger partial charge is 0.353 e. The van der Waals surface area contributed by atoms with Crippen LogP contribution in [0.25, 0.3) is 0 Å². The molecule has 0 saturated carbocycles. The highest BCUT2D eigenvalue weighted by Crippen LogP contribution is 2.22.